The fourth-order valence-corrected chi connectivity index (χ4v) is 2.78. The number of carbonyl (C=O) groups is 2. The van der Waals surface area contributed by atoms with E-state index < -0.39 is 11.8 Å². The molecule has 1 aromatic heterocycles. The van der Waals surface area contributed by atoms with Crippen LogP contribution >= 0.6 is 0 Å². The Bertz CT molecular complexity index is 1000. The zero-order valence-corrected chi connectivity index (χ0v) is 16.6. The molecule has 0 aliphatic rings. The fourth-order valence-electron chi connectivity index (χ4n) is 2.78. The topological polar surface area (TPSA) is 80.3 Å². The minimum absolute atomic E-state index is 0.0547. The summed E-state index contributed by atoms with van der Waals surface area (Å²) in [6.07, 6.45) is 0.0547. The summed E-state index contributed by atoms with van der Waals surface area (Å²) in [4.78, 5) is 29.2. The van der Waals surface area contributed by atoms with Crippen molar-refractivity contribution >= 4 is 11.8 Å². The first-order chi connectivity index (χ1) is 13.9. The summed E-state index contributed by atoms with van der Waals surface area (Å²) in [7, 11) is 0. The molecule has 0 aliphatic heterocycles. The van der Waals surface area contributed by atoms with Gasteiger partial charge in [-0.25, -0.2) is 0 Å². The van der Waals surface area contributed by atoms with Crippen LogP contribution in [0.25, 0.3) is 11.3 Å². The summed E-state index contributed by atoms with van der Waals surface area (Å²) in [5.41, 5.74) is 8.00. The molecule has 3 rings (SSSR count). The Morgan fingerprint density at radius 1 is 0.862 bits per heavy atom. The predicted molar refractivity (Wildman–Crippen MR) is 112 cm³/mol. The summed E-state index contributed by atoms with van der Waals surface area (Å²) in [6.45, 7) is 5.62. The number of nitrogens with one attached hydrogen (secondary N) is 2. The van der Waals surface area contributed by atoms with Crippen molar-refractivity contribution in [1.82, 2.24) is 15.8 Å². The number of aromatic nitrogens is 1. The predicted octanol–water partition coefficient (Wildman–Crippen LogP) is 3.92. The number of amides is 2. The molecule has 2 amide bonds. The Morgan fingerprint density at radius 2 is 1.52 bits per heavy atom. The molecule has 0 saturated heterocycles. The second-order valence-electron chi connectivity index (χ2n) is 6.79. The van der Waals surface area contributed by atoms with Gasteiger partial charge < -0.3 is 4.74 Å². The number of nitrogens with zero attached hydrogens (tertiary/aromatic N) is 1. The minimum atomic E-state index is -0.428. The van der Waals surface area contributed by atoms with E-state index in [1.54, 1.807) is 43.3 Å². The van der Waals surface area contributed by atoms with E-state index in [9.17, 15) is 9.59 Å². The molecule has 6 nitrogen and oxygen atoms in total. The molecule has 0 saturated carbocycles. The molecular formula is C23H23N3O3. The van der Waals surface area contributed by atoms with E-state index in [2.05, 4.69) is 15.8 Å². The number of hydrogen-bond acceptors (Lipinski definition) is 4. The Hall–Kier alpha value is -3.67. The molecule has 0 bridgehead atoms. The zero-order valence-electron chi connectivity index (χ0n) is 16.6. The first kappa shape index (κ1) is 20.1. The molecule has 0 fully saturated rings. The number of hydrogen-bond donors (Lipinski definition) is 2. The maximum atomic E-state index is 12.4. The van der Waals surface area contributed by atoms with Gasteiger partial charge >= 0.3 is 0 Å². The fraction of sp³-hybridized carbons (Fsp3) is 0.174. The highest BCUT2D eigenvalue weighted by atomic mass is 16.5. The van der Waals surface area contributed by atoms with Gasteiger partial charge in [0.2, 0.25) is 0 Å². The van der Waals surface area contributed by atoms with Crippen LogP contribution in [0.15, 0.2) is 66.7 Å². The van der Waals surface area contributed by atoms with Gasteiger partial charge in [0, 0.05) is 11.1 Å². The van der Waals surface area contributed by atoms with Gasteiger partial charge in [-0.15, -0.1) is 0 Å². The van der Waals surface area contributed by atoms with Crippen molar-refractivity contribution in [3.63, 3.8) is 0 Å². The maximum absolute atomic E-state index is 12.4. The maximum Gasteiger partial charge on any atom is 0.271 e. The molecule has 148 valence electrons. The second-order valence-corrected chi connectivity index (χ2v) is 6.79. The van der Waals surface area contributed by atoms with Gasteiger partial charge in [0.15, 0.2) is 0 Å². The summed E-state index contributed by atoms with van der Waals surface area (Å²) in [6, 6.07) is 19.9. The van der Waals surface area contributed by atoms with Gasteiger partial charge in [-0.3, -0.25) is 25.4 Å². The van der Waals surface area contributed by atoms with Gasteiger partial charge in [0.25, 0.3) is 11.8 Å². The zero-order chi connectivity index (χ0) is 20.8. The molecule has 2 N–H and O–H groups in total. The van der Waals surface area contributed by atoms with E-state index in [0.29, 0.717) is 22.6 Å². The van der Waals surface area contributed by atoms with Crippen LogP contribution in [-0.4, -0.2) is 22.9 Å². The summed E-state index contributed by atoms with van der Waals surface area (Å²) in [5.74, 6) is -0.163. The highest BCUT2D eigenvalue weighted by Gasteiger charge is 2.13. The van der Waals surface area contributed by atoms with Crippen LogP contribution in [-0.2, 0) is 0 Å². The van der Waals surface area contributed by atoms with Gasteiger partial charge in [-0.1, -0.05) is 30.3 Å². The van der Waals surface area contributed by atoms with E-state index >= 15 is 0 Å². The Labute approximate surface area is 169 Å². The summed E-state index contributed by atoms with van der Waals surface area (Å²) >= 11 is 0. The lowest BCUT2D eigenvalue weighted by Crippen LogP contribution is -2.41. The number of rotatable bonds is 5. The van der Waals surface area contributed by atoms with Crippen LogP contribution in [0.4, 0.5) is 0 Å². The van der Waals surface area contributed by atoms with E-state index in [0.717, 1.165) is 11.3 Å². The molecule has 1 heterocycles. The lowest BCUT2D eigenvalue weighted by Gasteiger charge is -2.11. The quantitative estimate of drug-likeness (QED) is 0.648. The molecule has 0 atom stereocenters. The van der Waals surface area contributed by atoms with Gasteiger partial charge in [-0.2, -0.15) is 0 Å². The average molecular weight is 389 g/mol. The van der Waals surface area contributed by atoms with Crippen molar-refractivity contribution in [2.45, 2.75) is 26.9 Å². The molecule has 3 aromatic rings. The lowest BCUT2D eigenvalue weighted by atomic mass is 10.1. The van der Waals surface area contributed by atoms with Crippen LogP contribution < -0.4 is 15.6 Å². The smallest absolute Gasteiger partial charge is 0.271 e. The Kier molecular flexibility index (Phi) is 6.24. The number of pyridine rings is 1. The van der Waals surface area contributed by atoms with E-state index in [1.165, 1.54) is 0 Å². The highest BCUT2D eigenvalue weighted by Crippen LogP contribution is 2.18. The second kappa shape index (κ2) is 9.01. The van der Waals surface area contributed by atoms with Crippen molar-refractivity contribution in [3.8, 4) is 17.0 Å². The molecule has 6 heteroatoms. The number of hydrazine groups is 1. The van der Waals surface area contributed by atoms with Gasteiger partial charge in [-0.05, 0) is 57.2 Å². The number of ether oxygens (including phenoxy) is 1. The van der Waals surface area contributed by atoms with E-state index in [4.69, 9.17) is 4.74 Å². The van der Waals surface area contributed by atoms with Crippen molar-refractivity contribution in [1.29, 1.82) is 0 Å². The first-order valence-electron chi connectivity index (χ1n) is 9.34. The highest BCUT2D eigenvalue weighted by molar-refractivity contribution is 5.99. The third kappa shape index (κ3) is 5.19. The first-order valence-corrected chi connectivity index (χ1v) is 9.34. The molecule has 29 heavy (non-hydrogen) atoms. The normalized spacial score (nSPS) is 10.5. The number of benzene rings is 2. The molecule has 2 aromatic carbocycles. The molecule has 0 unspecified atom stereocenters. The molecular weight excluding hydrogens is 366 g/mol. The monoisotopic (exact) mass is 389 g/mol. The van der Waals surface area contributed by atoms with Crippen molar-refractivity contribution in [2.24, 2.45) is 0 Å². The van der Waals surface area contributed by atoms with Crippen molar-refractivity contribution in [3.05, 3.63) is 83.6 Å². The van der Waals surface area contributed by atoms with Crippen LogP contribution in [0.1, 0.15) is 40.3 Å². The van der Waals surface area contributed by atoms with Crippen LogP contribution in [0, 0.1) is 6.92 Å². The average Bonchev–Trinajstić information content (AvgIpc) is 2.72. The minimum Gasteiger partial charge on any atom is -0.491 e. The standard InChI is InChI=1S/C23H23N3O3/c1-15(2)29-19-11-9-18(10-12-19)22(27)25-26-23(28)20-13-14-21(24-16(20)3)17-7-5-4-6-8-17/h4-15H,1-3H3,(H,25,27)(H,26,28). The third-order valence-corrected chi connectivity index (χ3v) is 4.18. The molecule has 0 spiro atoms. The summed E-state index contributed by atoms with van der Waals surface area (Å²) < 4.78 is 5.55. The van der Waals surface area contributed by atoms with E-state index in [1.807, 2.05) is 44.2 Å². The van der Waals surface area contributed by atoms with Crippen LogP contribution in [0.3, 0.4) is 0 Å². The Balaban J connectivity index is 1.62. The SMILES string of the molecule is Cc1nc(-c2ccccc2)ccc1C(=O)NNC(=O)c1ccc(OC(C)C)cc1. The van der Waals surface area contributed by atoms with Crippen molar-refractivity contribution in [2.75, 3.05) is 0 Å². The van der Waals surface area contributed by atoms with Crippen LogP contribution in [0.5, 0.6) is 5.75 Å². The molecule has 0 radical (unpaired) electrons. The largest absolute Gasteiger partial charge is 0.491 e. The molecule has 0 aliphatic carbocycles. The van der Waals surface area contributed by atoms with Crippen LogP contribution in [0.2, 0.25) is 0 Å². The van der Waals surface area contributed by atoms with Crippen molar-refractivity contribution < 1.29 is 14.3 Å². The van der Waals surface area contributed by atoms with Gasteiger partial charge in [0.1, 0.15) is 5.75 Å². The Morgan fingerprint density at radius 3 is 2.14 bits per heavy atom. The summed E-state index contributed by atoms with van der Waals surface area (Å²) in [5, 5.41) is 0. The number of aryl methyl sites for hydroxylation is 1. The van der Waals surface area contributed by atoms with E-state index in [-0.39, 0.29) is 6.10 Å². The number of carbonyl (C=O) groups excluding carboxylic acids is 2. The van der Waals surface area contributed by atoms with Gasteiger partial charge in [0.05, 0.1) is 23.1 Å². The lowest BCUT2D eigenvalue weighted by molar-refractivity contribution is 0.0846. The third-order valence-electron chi connectivity index (χ3n) is 4.18.